The fourth-order valence-corrected chi connectivity index (χ4v) is 3.64. The lowest BCUT2D eigenvalue weighted by Crippen LogP contribution is -2.30. The number of hydrogen-bond acceptors (Lipinski definition) is 6. The minimum Gasteiger partial charge on any atom is -0.506 e. The fraction of sp³-hybridized carbons (Fsp3) is 0.318. The van der Waals surface area contributed by atoms with E-state index in [-0.39, 0.29) is 17.7 Å². The van der Waals surface area contributed by atoms with Crippen LogP contribution in [-0.4, -0.2) is 51.8 Å². The Hall–Kier alpha value is -3.60. The molecule has 0 aliphatic carbocycles. The Kier molecular flexibility index (Phi) is 6.37. The van der Waals surface area contributed by atoms with Gasteiger partial charge in [-0.3, -0.25) is 4.79 Å². The summed E-state index contributed by atoms with van der Waals surface area (Å²) < 4.78 is 43.0. The van der Waals surface area contributed by atoms with Gasteiger partial charge in [0.25, 0.3) is 5.56 Å². The summed E-state index contributed by atoms with van der Waals surface area (Å²) in [6.45, 7) is 2.33. The zero-order valence-corrected chi connectivity index (χ0v) is 18.3. The van der Waals surface area contributed by atoms with Gasteiger partial charge in [-0.05, 0) is 44.3 Å². The Labute approximate surface area is 186 Å². The lowest BCUT2D eigenvalue weighted by atomic mass is 9.99. The topological polar surface area (TPSA) is 105 Å². The minimum atomic E-state index is -5.43. The Balaban J connectivity index is 2.09. The first-order valence-corrected chi connectivity index (χ1v) is 9.90. The number of alkyl halides is 3. The van der Waals surface area contributed by atoms with Crippen molar-refractivity contribution in [2.45, 2.75) is 26.1 Å². The molecule has 1 aromatic carbocycles. The summed E-state index contributed by atoms with van der Waals surface area (Å²) in [6, 6.07) is 7.33. The van der Waals surface area contributed by atoms with E-state index in [0.29, 0.717) is 12.1 Å². The molecule has 0 fully saturated rings. The molecule has 0 radical (unpaired) electrons. The van der Waals surface area contributed by atoms with Gasteiger partial charge in [0.2, 0.25) is 0 Å². The number of aryl methyl sites for hydroxylation is 1. The Morgan fingerprint density at radius 2 is 1.88 bits per heavy atom. The molecular formula is C22H22F3N3O5. The maximum atomic E-state index is 12.5. The van der Waals surface area contributed by atoms with Crippen molar-refractivity contribution in [3.05, 3.63) is 51.4 Å². The lowest BCUT2D eigenvalue weighted by molar-refractivity contribution is -0.193. The molecule has 0 amide bonds. The number of H-pyrrole nitrogens is 1. The highest BCUT2D eigenvalue weighted by atomic mass is 19.4. The number of aromatic nitrogens is 2. The van der Waals surface area contributed by atoms with Crippen molar-refractivity contribution in [2.75, 3.05) is 14.1 Å². The quantitative estimate of drug-likeness (QED) is 0.443. The molecule has 0 atom stereocenters. The van der Waals surface area contributed by atoms with Gasteiger partial charge < -0.3 is 24.3 Å². The first-order chi connectivity index (χ1) is 15.3. The molecule has 0 aliphatic rings. The van der Waals surface area contributed by atoms with Crippen LogP contribution in [0.4, 0.5) is 13.2 Å². The third-order valence-electron chi connectivity index (χ3n) is 5.17. The van der Waals surface area contributed by atoms with Gasteiger partial charge in [-0.25, -0.2) is 9.59 Å². The van der Waals surface area contributed by atoms with Gasteiger partial charge >= 0.3 is 18.1 Å². The normalized spacial score (nSPS) is 11.9. The van der Waals surface area contributed by atoms with Crippen molar-refractivity contribution in [2.24, 2.45) is 7.05 Å². The number of benzene rings is 1. The van der Waals surface area contributed by atoms with Crippen LogP contribution < -0.4 is 5.56 Å². The molecule has 0 saturated carbocycles. The van der Waals surface area contributed by atoms with E-state index in [1.54, 1.807) is 19.1 Å². The van der Waals surface area contributed by atoms with Crippen molar-refractivity contribution in [1.82, 2.24) is 14.5 Å². The number of hydrogen-bond donors (Lipinski definition) is 2. The van der Waals surface area contributed by atoms with Gasteiger partial charge in [0.1, 0.15) is 5.75 Å². The van der Waals surface area contributed by atoms with Crippen LogP contribution in [0, 0.1) is 0 Å². The van der Waals surface area contributed by atoms with E-state index in [0.717, 1.165) is 16.6 Å². The molecule has 0 saturated heterocycles. The molecule has 0 unspecified atom stereocenters. The molecule has 0 aliphatic heterocycles. The van der Waals surface area contributed by atoms with Gasteiger partial charge in [-0.2, -0.15) is 13.2 Å². The van der Waals surface area contributed by atoms with Crippen LogP contribution in [0.15, 0.2) is 29.1 Å². The molecule has 2 N–H and O–H groups in total. The summed E-state index contributed by atoms with van der Waals surface area (Å²) >= 11 is 0. The fourth-order valence-electron chi connectivity index (χ4n) is 3.64. The number of nitrogens with zero attached hydrogens (tertiary/aromatic N) is 2. The molecule has 0 spiro atoms. The monoisotopic (exact) mass is 465 g/mol. The molecule has 176 valence electrons. The van der Waals surface area contributed by atoms with E-state index < -0.39 is 35.0 Å². The second-order valence-corrected chi connectivity index (χ2v) is 7.77. The van der Waals surface area contributed by atoms with Crippen LogP contribution in [0.3, 0.4) is 0 Å². The molecule has 2 aromatic heterocycles. The first-order valence-electron chi connectivity index (χ1n) is 9.90. The van der Waals surface area contributed by atoms with Crippen LogP contribution >= 0.6 is 0 Å². The molecular weight excluding hydrogens is 443 g/mol. The summed E-state index contributed by atoms with van der Waals surface area (Å²) in [6.07, 6.45) is -5.30. The summed E-state index contributed by atoms with van der Waals surface area (Å²) in [4.78, 5) is 40.0. The van der Waals surface area contributed by atoms with Crippen LogP contribution in [0.2, 0.25) is 0 Å². The van der Waals surface area contributed by atoms with Crippen molar-refractivity contribution >= 4 is 22.8 Å². The number of pyridine rings is 1. The van der Waals surface area contributed by atoms with Gasteiger partial charge in [0.05, 0.1) is 5.69 Å². The van der Waals surface area contributed by atoms with E-state index in [9.17, 15) is 32.7 Å². The zero-order valence-electron chi connectivity index (χ0n) is 18.3. The highest BCUT2D eigenvalue weighted by Crippen LogP contribution is 2.33. The Bertz CT molecular complexity index is 1310. The van der Waals surface area contributed by atoms with Crippen LogP contribution in [0.5, 0.6) is 5.75 Å². The number of esters is 2. The predicted molar refractivity (Wildman–Crippen MR) is 114 cm³/mol. The zero-order chi connectivity index (χ0) is 24.7. The number of nitrogens with one attached hydrogen (secondary N) is 1. The van der Waals surface area contributed by atoms with Crippen molar-refractivity contribution < 1.29 is 32.6 Å². The number of aromatic hydroxyl groups is 1. The summed E-state index contributed by atoms with van der Waals surface area (Å²) in [5, 5.41) is 11.4. The maximum absolute atomic E-state index is 12.5. The molecule has 2 heterocycles. The highest BCUT2D eigenvalue weighted by molar-refractivity contribution is 6.00. The summed E-state index contributed by atoms with van der Waals surface area (Å²) in [5.41, 5.74) is 0.588. The average molecular weight is 465 g/mol. The molecule has 3 rings (SSSR count). The highest BCUT2D eigenvalue weighted by Gasteiger charge is 2.43. The van der Waals surface area contributed by atoms with Gasteiger partial charge in [0.15, 0.2) is 5.56 Å². The van der Waals surface area contributed by atoms with Gasteiger partial charge in [-0.15, -0.1) is 0 Å². The standard InChI is InChI=1S/C22H22F3N3O5/c1-5-14-17(11-6-7-15-12(8-11)9-13(28(15)4)10-27(2)3)26-19(30)16(18(14)29)20(31)33-21(32)22(23,24)25/h6-9H,5,10H2,1-4H3,(H2,26,29,30). The summed E-state index contributed by atoms with van der Waals surface area (Å²) in [7, 11) is 5.81. The number of halogens is 3. The van der Waals surface area contributed by atoms with Crippen molar-refractivity contribution in [3.8, 4) is 17.0 Å². The van der Waals surface area contributed by atoms with E-state index in [1.807, 2.05) is 42.7 Å². The first kappa shape index (κ1) is 24.1. The molecule has 8 nitrogen and oxygen atoms in total. The van der Waals surface area contributed by atoms with E-state index in [1.165, 1.54) is 0 Å². The average Bonchev–Trinajstić information content (AvgIpc) is 3.01. The van der Waals surface area contributed by atoms with Crippen LogP contribution in [-0.2, 0) is 29.5 Å². The Morgan fingerprint density at radius 1 is 1.21 bits per heavy atom. The number of ether oxygens (including phenoxy) is 1. The van der Waals surface area contributed by atoms with Crippen LogP contribution in [0.1, 0.15) is 28.5 Å². The van der Waals surface area contributed by atoms with Gasteiger partial charge in [0, 0.05) is 35.8 Å². The van der Waals surface area contributed by atoms with E-state index in [2.05, 4.69) is 9.72 Å². The van der Waals surface area contributed by atoms with Crippen molar-refractivity contribution in [3.63, 3.8) is 0 Å². The summed E-state index contributed by atoms with van der Waals surface area (Å²) in [5.74, 6) is -5.50. The molecule has 0 bridgehead atoms. The Morgan fingerprint density at radius 3 is 2.45 bits per heavy atom. The second kappa shape index (κ2) is 8.74. The van der Waals surface area contributed by atoms with Gasteiger partial charge in [-0.1, -0.05) is 13.0 Å². The third-order valence-corrected chi connectivity index (χ3v) is 5.17. The van der Waals surface area contributed by atoms with E-state index in [4.69, 9.17) is 0 Å². The number of fused-ring (bicyclic) bond motifs is 1. The largest absolute Gasteiger partial charge is 0.506 e. The lowest BCUT2D eigenvalue weighted by Gasteiger charge is -2.13. The smallest absolute Gasteiger partial charge is 0.491 e. The third kappa shape index (κ3) is 4.63. The molecule has 11 heteroatoms. The SMILES string of the molecule is CCc1c(-c2ccc3c(c2)cc(CN(C)C)n3C)[nH]c(=O)c(C(=O)OC(=O)C(F)(F)F)c1O. The molecule has 33 heavy (non-hydrogen) atoms. The van der Waals surface area contributed by atoms with Crippen LogP contribution in [0.25, 0.3) is 22.2 Å². The number of aromatic amines is 1. The molecule has 3 aromatic rings. The number of carbonyl (C=O) groups is 2. The van der Waals surface area contributed by atoms with Crippen molar-refractivity contribution in [1.29, 1.82) is 0 Å². The minimum absolute atomic E-state index is 0.116. The second-order valence-electron chi connectivity index (χ2n) is 7.77. The number of rotatable bonds is 5. The number of carbonyl (C=O) groups excluding carboxylic acids is 2. The maximum Gasteiger partial charge on any atom is 0.491 e. The van der Waals surface area contributed by atoms with E-state index >= 15 is 0 Å². The predicted octanol–water partition coefficient (Wildman–Crippen LogP) is 3.11.